The van der Waals surface area contributed by atoms with E-state index in [-0.39, 0.29) is 5.95 Å². The van der Waals surface area contributed by atoms with Gasteiger partial charge in [-0.25, -0.2) is 5.10 Å². The summed E-state index contributed by atoms with van der Waals surface area (Å²) in [6.45, 7) is 2.12. The van der Waals surface area contributed by atoms with Crippen LogP contribution in [0, 0.1) is 6.92 Å². The fourth-order valence-corrected chi connectivity index (χ4v) is 0.920. The predicted octanol–water partition coefficient (Wildman–Crippen LogP) is -0.310. The maximum Gasteiger partial charge on any atom is 0.246 e. The van der Waals surface area contributed by atoms with Crippen molar-refractivity contribution >= 4 is 11.9 Å². The third-order valence-electron chi connectivity index (χ3n) is 1.47. The zero-order chi connectivity index (χ0) is 9.97. The third kappa shape index (κ3) is 1.79. The van der Waals surface area contributed by atoms with Crippen LogP contribution in [0.3, 0.4) is 0 Å². The lowest BCUT2D eigenvalue weighted by Crippen LogP contribution is -2.01. The largest absolute Gasteiger partial charge is 0.368 e. The molecule has 0 bridgehead atoms. The Morgan fingerprint density at radius 1 is 1.50 bits per heavy atom. The number of hydrogen-bond acceptors (Lipinski definition) is 7. The van der Waals surface area contributed by atoms with Crippen LogP contribution < -0.4 is 11.1 Å². The van der Waals surface area contributed by atoms with Crippen LogP contribution in [0.5, 0.6) is 0 Å². The van der Waals surface area contributed by atoms with Crippen molar-refractivity contribution in [1.29, 1.82) is 0 Å². The Kier molecular flexibility index (Phi) is 2.01. The van der Waals surface area contributed by atoms with Gasteiger partial charge in [-0.15, -0.1) is 5.10 Å². The van der Waals surface area contributed by atoms with E-state index >= 15 is 0 Å². The second-order valence-electron chi connectivity index (χ2n) is 2.63. The number of rotatable bonds is 3. The van der Waals surface area contributed by atoms with E-state index in [1.807, 2.05) is 0 Å². The maximum atomic E-state index is 5.33. The lowest BCUT2D eigenvalue weighted by atomic mass is 10.6. The summed E-state index contributed by atoms with van der Waals surface area (Å²) in [5, 5.41) is 12.8. The number of nitrogens with two attached hydrogens (primary N) is 1. The van der Waals surface area contributed by atoms with E-state index in [9.17, 15) is 0 Å². The van der Waals surface area contributed by atoms with Crippen molar-refractivity contribution in [2.75, 3.05) is 11.1 Å². The summed E-state index contributed by atoms with van der Waals surface area (Å²) in [5.41, 5.74) is 5.33. The molecular formula is C6H9N7O. The molecule has 2 aromatic rings. The number of nitrogen functional groups attached to an aromatic ring is 1. The summed E-state index contributed by atoms with van der Waals surface area (Å²) in [6, 6.07) is 0. The van der Waals surface area contributed by atoms with Crippen LogP contribution in [0.1, 0.15) is 11.7 Å². The molecule has 0 saturated heterocycles. The van der Waals surface area contributed by atoms with Crippen molar-refractivity contribution in [3.63, 3.8) is 0 Å². The fourth-order valence-electron chi connectivity index (χ4n) is 0.920. The third-order valence-corrected chi connectivity index (χ3v) is 1.47. The van der Waals surface area contributed by atoms with Crippen LogP contribution in [0.25, 0.3) is 0 Å². The molecule has 0 unspecified atom stereocenters. The van der Waals surface area contributed by atoms with Crippen molar-refractivity contribution in [2.45, 2.75) is 13.5 Å². The number of anilines is 2. The molecule has 14 heavy (non-hydrogen) atoms. The first-order valence-corrected chi connectivity index (χ1v) is 3.95. The van der Waals surface area contributed by atoms with E-state index in [0.717, 1.165) is 0 Å². The van der Waals surface area contributed by atoms with Crippen LogP contribution in [-0.2, 0) is 6.54 Å². The average Bonchev–Trinajstić information content (AvgIpc) is 2.72. The molecule has 8 nitrogen and oxygen atoms in total. The molecule has 0 fully saturated rings. The number of nitrogens with one attached hydrogen (secondary N) is 2. The summed E-state index contributed by atoms with van der Waals surface area (Å²) in [5.74, 6) is 1.73. The topological polar surface area (TPSA) is 119 Å². The van der Waals surface area contributed by atoms with Crippen molar-refractivity contribution in [2.24, 2.45) is 0 Å². The van der Waals surface area contributed by atoms with E-state index in [4.69, 9.17) is 10.3 Å². The summed E-state index contributed by atoms with van der Waals surface area (Å²) >= 11 is 0. The van der Waals surface area contributed by atoms with E-state index in [1.165, 1.54) is 0 Å². The first-order chi connectivity index (χ1) is 6.74. The van der Waals surface area contributed by atoms with E-state index in [2.05, 4.69) is 30.6 Å². The van der Waals surface area contributed by atoms with Crippen LogP contribution in [0.4, 0.5) is 11.9 Å². The van der Waals surface area contributed by atoms with Gasteiger partial charge in [0.15, 0.2) is 5.82 Å². The van der Waals surface area contributed by atoms with Gasteiger partial charge in [-0.1, -0.05) is 5.16 Å². The zero-order valence-electron chi connectivity index (χ0n) is 7.48. The fraction of sp³-hybridized carbons (Fsp3) is 0.333. The molecule has 74 valence electrons. The predicted molar refractivity (Wildman–Crippen MR) is 47.2 cm³/mol. The van der Waals surface area contributed by atoms with E-state index < -0.39 is 0 Å². The minimum atomic E-state index is 0.259. The number of aromatic amines is 1. The zero-order valence-corrected chi connectivity index (χ0v) is 7.48. The molecule has 2 aromatic heterocycles. The summed E-state index contributed by atoms with van der Waals surface area (Å²) in [7, 11) is 0. The molecule has 0 saturated carbocycles. The molecule has 0 spiro atoms. The smallest absolute Gasteiger partial charge is 0.246 e. The second-order valence-corrected chi connectivity index (χ2v) is 2.63. The van der Waals surface area contributed by atoms with Crippen molar-refractivity contribution in [3.8, 4) is 0 Å². The minimum absolute atomic E-state index is 0.259. The Labute approximate surface area is 78.9 Å². The molecule has 0 amide bonds. The molecule has 2 heterocycles. The molecular weight excluding hydrogens is 186 g/mol. The summed E-state index contributed by atoms with van der Waals surface area (Å²) < 4.78 is 4.87. The number of H-pyrrole nitrogens is 1. The quantitative estimate of drug-likeness (QED) is 0.614. The normalized spacial score (nSPS) is 10.4. The van der Waals surface area contributed by atoms with Gasteiger partial charge < -0.3 is 15.6 Å². The van der Waals surface area contributed by atoms with Crippen molar-refractivity contribution < 1.29 is 4.52 Å². The lowest BCUT2D eigenvalue weighted by Gasteiger charge is -1.94. The van der Waals surface area contributed by atoms with Gasteiger partial charge in [-0.3, -0.25) is 0 Å². The van der Waals surface area contributed by atoms with Crippen LogP contribution >= 0.6 is 0 Å². The molecule has 4 N–H and O–H groups in total. The SMILES string of the molecule is Cc1noc(CNc2n[nH]c(N)n2)n1. The first-order valence-electron chi connectivity index (χ1n) is 3.95. The van der Waals surface area contributed by atoms with Gasteiger partial charge in [0.1, 0.15) is 0 Å². The first kappa shape index (κ1) is 8.48. The molecule has 0 aliphatic carbocycles. The Morgan fingerprint density at radius 3 is 2.93 bits per heavy atom. The Hall–Kier alpha value is -2.12. The van der Waals surface area contributed by atoms with E-state index in [1.54, 1.807) is 6.92 Å². The molecule has 2 rings (SSSR count). The van der Waals surface area contributed by atoms with Gasteiger partial charge >= 0.3 is 0 Å². The van der Waals surface area contributed by atoms with Gasteiger partial charge in [-0.05, 0) is 6.92 Å². The lowest BCUT2D eigenvalue weighted by molar-refractivity contribution is 0.379. The highest BCUT2D eigenvalue weighted by molar-refractivity contribution is 5.29. The molecule has 8 heteroatoms. The number of hydrogen-bond donors (Lipinski definition) is 3. The minimum Gasteiger partial charge on any atom is -0.368 e. The number of aromatic nitrogens is 5. The van der Waals surface area contributed by atoms with E-state index in [0.29, 0.717) is 24.2 Å². The van der Waals surface area contributed by atoms with Crippen molar-refractivity contribution in [1.82, 2.24) is 25.3 Å². The number of nitrogens with zero attached hydrogens (tertiary/aromatic N) is 4. The molecule has 0 aliphatic rings. The number of aryl methyl sites for hydroxylation is 1. The van der Waals surface area contributed by atoms with Crippen LogP contribution in [0.2, 0.25) is 0 Å². The molecule has 0 aromatic carbocycles. The Bertz CT molecular complexity index is 379. The standard InChI is InChI=1S/C6H9N7O/c1-3-9-4(14-13-3)2-8-6-10-5(7)11-12-6/h2H2,1H3,(H4,7,8,10,11,12). The molecule has 0 aliphatic heterocycles. The molecule has 0 atom stereocenters. The van der Waals surface area contributed by atoms with Gasteiger partial charge in [0, 0.05) is 0 Å². The maximum absolute atomic E-state index is 5.33. The average molecular weight is 195 g/mol. The van der Waals surface area contributed by atoms with Gasteiger partial charge in [0.2, 0.25) is 17.8 Å². The van der Waals surface area contributed by atoms with Gasteiger partial charge in [0.25, 0.3) is 0 Å². The van der Waals surface area contributed by atoms with Crippen LogP contribution in [0.15, 0.2) is 4.52 Å². The highest BCUT2D eigenvalue weighted by Gasteiger charge is 2.04. The van der Waals surface area contributed by atoms with Crippen molar-refractivity contribution in [3.05, 3.63) is 11.7 Å². The van der Waals surface area contributed by atoms with Gasteiger partial charge in [0.05, 0.1) is 6.54 Å². The highest BCUT2D eigenvalue weighted by atomic mass is 16.5. The van der Waals surface area contributed by atoms with Crippen LogP contribution in [-0.4, -0.2) is 25.3 Å². The summed E-state index contributed by atoms with van der Waals surface area (Å²) in [4.78, 5) is 7.84. The Balaban J connectivity index is 1.94. The monoisotopic (exact) mass is 195 g/mol. The second kappa shape index (κ2) is 3.32. The summed E-state index contributed by atoms with van der Waals surface area (Å²) in [6.07, 6.45) is 0. The highest BCUT2D eigenvalue weighted by Crippen LogP contribution is 2.02. The van der Waals surface area contributed by atoms with Gasteiger partial charge in [-0.2, -0.15) is 9.97 Å². The Morgan fingerprint density at radius 2 is 2.36 bits per heavy atom. The molecule has 0 radical (unpaired) electrons.